The Morgan fingerprint density at radius 2 is 1.56 bits per heavy atom. The van der Waals surface area contributed by atoms with Gasteiger partial charge in [0.05, 0.1) is 52.6 Å². The minimum Gasteiger partial charge on any atom is -0.497 e. The molecule has 1 aliphatic rings. The van der Waals surface area contributed by atoms with Gasteiger partial charge in [-0.2, -0.15) is 0 Å². The van der Waals surface area contributed by atoms with E-state index in [1.165, 1.54) is 28.4 Å². The molecule has 0 aliphatic carbocycles. The molecule has 2 aromatic carbocycles. The van der Waals surface area contributed by atoms with Gasteiger partial charge in [-0.25, -0.2) is 0 Å². The van der Waals surface area contributed by atoms with Gasteiger partial charge in [0.1, 0.15) is 23.9 Å². The van der Waals surface area contributed by atoms with E-state index in [2.05, 4.69) is 0 Å². The van der Waals surface area contributed by atoms with Gasteiger partial charge in [0, 0.05) is 12.1 Å². The van der Waals surface area contributed by atoms with Gasteiger partial charge in [0.15, 0.2) is 17.3 Å². The number of fused-ring (bicyclic) bond motifs is 1. The van der Waals surface area contributed by atoms with Crippen LogP contribution in [0.2, 0.25) is 0 Å². The van der Waals surface area contributed by atoms with Gasteiger partial charge >= 0.3 is 0 Å². The maximum atomic E-state index is 13.2. The molecular formula is C20H22O7. The minimum atomic E-state index is -0.615. The van der Waals surface area contributed by atoms with Crippen LogP contribution < -0.4 is 28.4 Å². The summed E-state index contributed by atoms with van der Waals surface area (Å²) in [6.07, 6.45) is 0. The second-order valence-electron chi connectivity index (χ2n) is 5.85. The highest BCUT2D eigenvalue weighted by atomic mass is 16.5. The summed E-state index contributed by atoms with van der Waals surface area (Å²) in [5.74, 6) is 2.10. The van der Waals surface area contributed by atoms with Crippen LogP contribution in [0.15, 0.2) is 24.3 Å². The molecule has 7 heteroatoms. The summed E-state index contributed by atoms with van der Waals surface area (Å²) in [6, 6.07) is 6.80. The minimum absolute atomic E-state index is 0.0947. The topological polar surface area (TPSA) is 72.5 Å². The van der Waals surface area contributed by atoms with Gasteiger partial charge in [-0.15, -0.1) is 0 Å². The summed E-state index contributed by atoms with van der Waals surface area (Å²) in [5, 5.41) is 0. The van der Waals surface area contributed by atoms with Crippen molar-refractivity contribution in [2.75, 3.05) is 42.2 Å². The lowest BCUT2D eigenvalue weighted by Gasteiger charge is -2.28. The largest absolute Gasteiger partial charge is 0.497 e. The first-order valence-corrected chi connectivity index (χ1v) is 8.31. The van der Waals surface area contributed by atoms with Gasteiger partial charge in [-0.05, 0) is 12.1 Å². The molecule has 0 amide bonds. The van der Waals surface area contributed by atoms with Crippen molar-refractivity contribution in [3.8, 4) is 34.5 Å². The molecule has 2 aromatic rings. The molecule has 1 aliphatic heterocycles. The molecule has 0 fully saturated rings. The Balaban J connectivity index is 2.14. The Morgan fingerprint density at radius 3 is 2.15 bits per heavy atom. The van der Waals surface area contributed by atoms with Gasteiger partial charge in [0.2, 0.25) is 5.75 Å². The molecule has 0 bridgehead atoms. The Morgan fingerprint density at radius 1 is 0.852 bits per heavy atom. The van der Waals surface area contributed by atoms with E-state index in [0.29, 0.717) is 45.6 Å². The van der Waals surface area contributed by atoms with E-state index in [1.54, 1.807) is 31.4 Å². The monoisotopic (exact) mass is 374 g/mol. The number of benzene rings is 2. The van der Waals surface area contributed by atoms with E-state index >= 15 is 0 Å². The van der Waals surface area contributed by atoms with Crippen molar-refractivity contribution in [1.29, 1.82) is 0 Å². The van der Waals surface area contributed by atoms with Crippen LogP contribution in [0.25, 0.3) is 0 Å². The smallest absolute Gasteiger partial charge is 0.203 e. The third-order valence-corrected chi connectivity index (χ3v) is 4.58. The molecule has 1 atom stereocenters. The fourth-order valence-electron chi connectivity index (χ4n) is 3.26. The van der Waals surface area contributed by atoms with E-state index in [0.717, 1.165) is 0 Å². The average Bonchev–Trinajstić information content (AvgIpc) is 2.72. The van der Waals surface area contributed by atoms with E-state index in [-0.39, 0.29) is 12.4 Å². The standard InChI is InChI=1S/C20H22O7/c1-22-11-6-7-12-14(8-11)27-10-13(18(12)21)17-15(23-2)9-16(24-3)19(25-4)20(17)26-5/h6-9,13H,10H2,1-5H3/t13-/m1/s1. The zero-order valence-corrected chi connectivity index (χ0v) is 16.0. The second kappa shape index (κ2) is 7.65. The van der Waals surface area contributed by atoms with E-state index in [9.17, 15) is 4.79 Å². The molecule has 0 radical (unpaired) electrons. The van der Waals surface area contributed by atoms with Crippen molar-refractivity contribution in [3.63, 3.8) is 0 Å². The Bertz CT molecular complexity index is 860. The maximum Gasteiger partial charge on any atom is 0.203 e. The number of carbonyl (C=O) groups is 1. The van der Waals surface area contributed by atoms with Crippen molar-refractivity contribution in [3.05, 3.63) is 35.4 Å². The lowest BCUT2D eigenvalue weighted by molar-refractivity contribution is 0.0891. The highest BCUT2D eigenvalue weighted by molar-refractivity contribution is 6.05. The summed E-state index contributed by atoms with van der Waals surface area (Å²) < 4.78 is 32.9. The predicted molar refractivity (Wildman–Crippen MR) is 98.2 cm³/mol. The quantitative estimate of drug-likeness (QED) is 0.769. The van der Waals surface area contributed by atoms with E-state index in [1.807, 2.05) is 0 Å². The summed E-state index contributed by atoms with van der Waals surface area (Å²) in [7, 11) is 7.63. The summed E-state index contributed by atoms with van der Waals surface area (Å²) >= 11 is 0. The number of hydrogen-bond donors (Lipinski definition) is 0. The average molecular weight is 374 g/mol. The summed E-state index contributed by atoms with van der Waals surface area (Å²) in [4.78, 5) is 13.2. The van der Waals surface area contributed by atoms with E-state index < -0.39 is 5.92 Å². The molecule has 0 unspecified atom stereocenters. The molecule has 0 saturated heterocycles. The van der Waals surface area contributed by atoms with Crippen molar-refractivity contribution in [1.82, 2.24) is 0 Å². The summed E-state index contributed by atoms with van der Waals surface area (Å²) in [6.45, 7) is 0.140. The molecule has 0 N–H and O–H groups in total. The zero-order chi connectivity index (χ0) is 19.6. The van der Waals surface area contributed by atoms with Gasteiger partial charge in [-0.1, -0.05) is 0 Å². The molecule has 27 heavy (non-hydrogen) atoms. The first-order chi connectivity index (χ1) is 13.1. The Labute approximate surface area is 157 Å². The van der Waals surface area contributed by atoms with Crippen LogP contribution in [0.1, 0.15) is 21.8 Å². The number of carbonyl (C=O) groups excluding carboxylic acids is 1. The third-order valence-electron chi connectivity index (χ3n) is 4.58. The number of ether oxygens (including phenoxy) is 6. The Kier molecular flexibility index (Phi) is 5.30. The van der Waals surface area contributed by atoms with Crippen LogP contribution in [-0.2, 0) is 0 Å². The van der Waals surface area contributed by atoms with Crippen LogP contribution in [0.3, 0.4) is 0 Å². The van der Waals surface area contributed by atoms with Gasteiger partial charge in [-0.3, -0.25) is 4.79 Å². The normalized spacial score (nSPS) is 15.4. The number of hydrogen-bond acceptors (Lipinski definition) is 7. The molecule has 7 nitrogen and oxygen atoms in total. The van der Waals surface area contributed by atoms with Gasteiger partial charge in [0.25, 0.3) is 0 Å². The van der Waals surface area contributed by atoms with Crippen molar-refractivity contribution >= 4 is 5.78 Å². The number of rotatable bonds is 6. The summed E-state index contributed by atoms with van der Waals surface area (Å²) in [5.41, 5.74) is 1.04. The first-order valence-electron chi connectivity index (χ1n) is 8.31. The SMILES string of the molecule is COc1ccc2c(c1)OC[C@H](c1c(OC)cc(OC)c(OC)c1OC)C2=O. The molecule has 1 heterocycles. The second-order valence-corrected chi connectivity index (χ2v) is 5.85. The van der Waals surface area contributed by atoms with Crippen molar-refractivity contribution < 1.29 is 33.2 Å². The molecule has 3 rings (SSSR count). The van der Waals surface area contributed by atoms with Crippen LogP contribution >= 0.6 is 0 Å². The fourth-order valence-corrected chi connectivity index (χ4v) is 3.26. The fraction of sp³-hybridized carbons (Fsp3) is 0.350. The van der Waals surface area contributed by atoms with Crippen LogP contribution in [0, 0.1) is 0 Å². The van der Waals surface area contributed by atoms with Crippen molar-refractivity contribution in [2.45, 2.75) is 5.92 Å². The molecule has 144 valence electrons. The van der Waals surface area contributed by atoms with Crippen LogP contribution in [-0.4, -0.2) is 47.9 Å². The van der Waals surface area contributed by atoms with E-state index in [4.69, 9.17) is 28.4 Å². The third kappa shape index (κ3) is 3.09. The van der Waals surface area contributed by atoms with Crippen LogP contribution in [0.4, 0.5) is 0 Å². The Hall–Kier alpha value is -3.09. The zero-order valence-electron chi connectivity index (χ0n) is 16.0. The maximum absolute atomic E-state index is 13.2. The molecule has 0 saturated carbocycles. The number of ketones is 1. The lowest BCUT2D eigenvalue weighted by Crippen LogP contribution is -2.27. The molecular weight excluding hydrogens is 352 g/mol. The lowest BCUT2D eigenvalue weighted by atomic mass is 9.87. The number of Topliss-reactive ketones (excluding diaryl/α,β-unsaturated/α-hetero) is 1. The first kappa shape index (κ1) is 18.7. The predicted octanol–water partition coefficient (Wildman–Crippen LogP) is 3.09. The van der Waals surface area contributed by atoms with Gasteiger partial charge < -0.3 is 28.4 Å². The molecule has 0 aromatic heterocycles. The van der Waals surface area contributed by atoms with Crippen molar-refractivity contribution in [2.24, 2.45) is 0 Å². The highest BCUT2D eigenvalue weighted by Crippen LogP contribution is 2.50. The molecule has 0 spiro atoms. The highest BCUT2D eigenvalue weighted by Gasteiger charge is 2.36. The number of methoxy groups -OCH3 is 5. The van der Waals surface area contributed by atoms with Crippen LogP contribution in [0.5, 0.6) is 34.5 Å².